The Bertz CT molecular complexity index is 2330. The molecule has 0 unspecified atom stereocenters. The molecule has 1 aromatic heterocycles. The molecule has 0 aliphatic heterocycles. The molecule has 0 saturated carbocycles. The standard InChI is InChI=1S/C43H31N/c1-43(2)37-23-13-11-21-35(37)39-33-19-9-10-20-34(33)42-40(41(39)43)36-22-12-14-24-38(36)44(42)32-26-30(28-15-5-3-6-16-28)25-31(27-32)29-17-7-4-8-18-29/h3-27H,1-2H3. The van der Waals surface area contributed by atoms with Gasteiger partial charge in [-0.3, -0.25) is 0 Å². The maximum atomic E-state index is 2.53. The van der Waals surface area contributed by atoms with Crippen molar-refractivity contribution >= 4 is 32.6 Å². The summed E-state index contributed by atoms with van der Waals surface area (Å²) in [6, 6.07) is 55.6. The lowest BCUT2D eigenvalue weighted by molar-refractivity contribution is 0.667. The van der Waals surface area contributed by atoms with E-state index in [2.05, 4.69) is 170 Å². The van der Waals surface area contributed by atoms with E-state index in [1.807, 2.05) is 0 Å². The van der Waals surface area contributed by atoms with Gasteiger partial charge < -0.3 is 4.57 Å². The Morgan fingerprint density at radius 1 is 0.477 bits per heavy atom. The molecule has 1 heterocycles. The molecule has 8 aromatic rings. The maximum Gasteiger partial charge on any atom is 0.0623 e. The lowest BCUT2D eigenvalue weighted by atomic mass is 9.79. The van der Waals surface area contributed by atoms with E-state index in [1.165, 1.54) is 82.8 Å². The molecule has 0 N–H and O–H groups in total. The predicted octanol–water partition coefficient (Wildman–Crippen LogP) is 11.6. The van der Waals surface area contributed by atoms with E-state index in [-0.39, 0.29) is 5.41 Å². The number of para-hydroxylation sites is 1. The highest BCUT2D eigenvalue weighted by molar-refractivity contribution is 6.25. The van der Waals surface area contributed by atoms with Crippen molar-refractivity contribution in [3.63, 3.8) is 0 Å². The maximum absolute atomic E-state index is 2.53. The molecule has 0 fully saturated rings. The average molecular weight is 562 g/mol. The number of hydrogen-bond acceptors (Lipinski definition) is 0. The summed E-state index contributed by atoms with van der Waals surface area (Å²) >= 11 is 0. The van der Waals surface area contributed by atoms with Crippen LogP contribution in [0.5, 0.6) is 0 Å². The lowest BCUT2D eigenvalue weighted by Gasteiger charge is -2.23. The van der Waals surface area contributed by atoms with Crippen molar-refractivity contribution in [1.82, 2.24) is 4.57 Å². The summed E-state index contributed by atoms with van der Waals surface area (Å²) in [5.41, 5.74) is 14.0. The van der Waals surface area contributed by atoms with E-state index >= 15 is 0 Å². The molecule has 1 aliphatic rings. The number of nitrogens with zero attached hydrogens (tertiary/aromatic N) is 1. The Morgan fingerprint density at radius 2 is 1.02 bits per heavy atom. The summed E-state index contributed by atoms with van der Waals surface area (Å²) in [5, 5.41) is 5.27. The van der Waals surface area contributed by atoms with E-state index < -0.39 is 0 Å². The second kappa shape index (κ2) is 9.30. The second-order valence-corrected chi connectivity index (χ2v) is 12.5. The highest BCUT2D eigenvalue weighted by Crippen LogP contribution is 2.56. The van der Waals surface area contributed by atoms with Gasteiger partial charge in [-0.25, -0.2) is 0 Å². The highest BCUT2D eigenvalue weighted by Gasteiger charge is 2.39. The zero-order valence-electron chi connectivity index (χ0n) is 24.9. The van der Waals surface area contributed by atoms with Crippen LogP contribution in [0.25, 0.3) is 71.6 Å². The quantitative estimate of drug-likeness (QED) is 0.202. The minimum Gasteiger partial charge on any atom is -0.309 e. The molecular formula is C43H31N. The van der Waals surface area contributed by atoms with Gasteiger partial charge in [0.05, 0.1) is 11.0 Å². The minimum absolute atomic E-state index is 0.135. The van der Waals surface area contributed by atoms with Crippen molar-refractivity contribution in [3.05, 3.63) is 163 Å². The summed E-state index contributed by atoms with van der Waals surface area (Å²) in [4.78, 5) is 0. The fraction of sp³-hybridized carbons (Fsp3) is 0.0698. The van der Waals surface area contributed by atoms with Gasteiger partial charge >= 0.3 is 0 Å². The summed E-state index contributed by atoms with van der Waals surface area (Å²) in [6.45, 7) is 4.81. The summed E-state index contributed by atoms with van der Waals surface area (Å²) < 4.78 is 2.53. The van der Waals surface area contributed by atoms with Gasteiger partial charge in [0, 0.05) is 27.3 Å². The third-order valence-electron chi connectivity index (χ3n) is 9.71. The Kier molecular flexibility index (Phi) is 5.31. The molecule has 7 aromatic carbocycles. The van der Waals surface area contributed by atoms with Crippen LogP contribution >= 0.6 is 0 Å². The van der Waals surface area contributed by atoms with Crippen molar-refractivity contribution in [3.8, 4) is 39.1 Å². The Labute approximate surface area is 257 Å². The molecule has 1 heteroatoms. The van der Waals surface area contributed by atoms with Crippen molar-refractivity contribution in [1.29, 1.82) is 0 Å². The van der Waals surface area contributed by atoms with Crippen LogP contribution in [0.3, 0.4) is 0 Å². The van der Waals surface area contributed by atoms with Crippen molar-refractivity contribution in [2.24, 2.45) is 0 Å². The van der Waals surface area contributed by atoms with Gasteiger partial charge in [-0.2, -0.15) is 0 Å². The van der Waals surface area contributed by atoms with Crippen LogP contribution in [-0.4, -0.2) is 4.57 Å². The van der Waals surface area contributed by atoms with Crippen LogP contribution in [0, 0.1) is 0 Å². The van der Waals surface area contributed by atoms with Crippen LogP contribution in [0.2, 0.25) is 0 Å². The largest absolute Gasteiger partial charge is 0.309 e. The van der Waals surface area contributed by atoms with E-state index in [4.69, 9.17) is 0 Å². The fourth-order valence-electron chi connectivity index (χ4n) is 7.80. The number of rotatable bonds is 3. The third-order valence-corrected chi connectivity index (χ3v) is 9.71. The molecule has 0 saturated heterocycles. The fourth-order valence-corrected chi connectivity index (χ4v) is 7.80. The number of hydrogen-bond donors (Lipinski definition) is 0. The molecule has 1 aliphatic carbocycles. The first-order valence-corrected chi connectivity index (χ1v) is 15.5. The summed E-state index contributed by atoms with van der Waals surface area (Å²) in [5.74, 6) is 0. The Morgan fingerprint density at radius 3 is 1.70 bits per heavy atom. The first-order valence-electron chi connectivity index (χ1n) is 15.5. The first-order chi connectivity index (χ1) is 21.6. The van der Waals surface area contributed by atoms with E-state index in [1.54, 1.807) is 0 Å². The molecule has 0 radical (unpaired) electrons. The van der Waals surface area contributed by atoms with Crippen LogP contribution in [0.15, 0.2) is 152 Å². The van der Waals surface area contributed by atoms with Crippen molar-refractivity contribution in [2.45, 2.75) is 19.3 Å². The van der Waals surface area contributed by atoms with Crippen molar-refractivity contribution in [2.75, 3.05) is 0 Å². The third kappa shape index (κ3) is 3.47. The SMILES string of the molecule is CC1(C)c2ccccc2-c2c1c1c3ccccc3n(-c3cc(-c4ccccc4)cc(-c4ccccc4)c3)c1c1ccccc21. The van der Waals surface area contributed by atoms with Gasteiger partial charge in [0.25, 0.3) is 0 Å². The Balaban J connectivity index is 1.48. The van der Waals surface area contributed by atoms with Gasteiger partial charge in [-0.1, -0.05) is 141 Å². The van der Waals surface area contributed by atoms with Crippen LogP contribution in [0.1, 0.15) is 25.0 Å². The lowest BCUT2D eigenvalue weighted by Crippen LogP contribution is -2.15. The molecule has 9 rings (SSSR count). The van der Waals surface area contributed by atoms with E-state index in [0.29, 0.717) is 0 Å². The molecule has 0 atom stereocenters. The van der Waals surface area contributed by atoms with E-state index in [0.717, 1.165) is 0 Å². The zero-order chi connectivity index (χ0) is 29.4. The van der Waals surface area contributed by atoms with E-state index in [9.17, 15) is 0 Å². The molecule has 208 valence electrons. The predicted molar refractivity (Wildman–Crippen MR) is 187 cm³/mol. The normalized spacial score (nSPS) is 13.4. The van der Waals surface area contributed by atoms with Crippen LogP contribution in [0.4, 0.5) is 0 Å². The van der Waals surface area contributed by atoms with Crippen LogP contribution in [-0.2, 0) is 5.41 Å². The number of aromatic nitrogens is 1. The van der Waals surface area contributed by atoms with Gasteiger partial charge in [-0.05, 0) is 74.2 Å². The van der Waals surface area contributed by atoms with Crippen molar-refractivity contribution < 1.29 is 0 Å². The average Bonchev–Trinajstić information content (AvgIpc) is 3.55. The molecule has 44 heavy (non-hydrogen) atoms. The zero-order valence-corrected chi connectivity index (χ0v) is 24.9. The van der Waals surface area contributed by atoms with Gasteiger partial charge in [0.2, 0.25) is 0 Å². The molecule has 1 nitrogen and oxygen atoms in total. The minimum atomic E-state index is -0.135. The monoisotopic (exact) mass is 561 g/mol. The van der Waals surface area contributed by atoms with Gasteiger partial charge in [0.1, 0.15) is 0 Å². The Hall–Kier alpha value is -5.40. The number of benzene rings is 7. The topological polar surface area (TPSA) is 4.93 Å². The van der Waals surface area contributed by atoms with Crippen LogP contribution < -0.4 is 0 Å². The smallest absolute Gasteiger partial charge is 0.0623 e. The highest BCUT2D eigenvalue weighted by atomic mass is 15.0. The molecule has 0 spiro atoms. The second-order valence-electron chi connectivity index (χ2n) is 12.5. The van der Waals surface area contributed by atoms with Gasteiger partial charge in [0.15, 0.2) is 0 Å². The number of fused-ring (bicyclic) bond motifs is 10. The molecule has 0 bridgehead atoms. The summed E-state index contributed by atoms with van der Waals surface area (Å²) in [6.07, 6.45) is 0. The molecular weight excluding hydrogens is 530 g/mol. The first kappa shape index (κ1) is 25.1. The summed E-state index contributed by atoms with van der Waals surface area (Å²) in [7, 11) is 0. The molecule has 0 amide bonds. The van der Waals surface area contributed by atoms with Gasteiger partial charge in [-0.15, -0.1) is 0 Å².